The molecule has 0 fully saturated rings. The molecule has 1 heterocycles. The molecular formula is C17H26N4. The molecule has 0 saturated carbocycles. The van der Waals surface area contributed by atoms with Gasteiger partial charge in [-0.25, -0.2) is 0 Å². The maximum atomic E-state index is 4.24. The molecule has 0 spiro atoms. The summed E-state index contributed by atoms with van der Waals surface area (Å²) in [4.78, 5) is 2.36. The number of nitrogens with one attached hydrogen (secondary N) is 1. The fourth-order valence-electron chi connectivity index (χ4n) is 2.70. The third-order valence-corrected chi connectivity index (χ3v) is 4.12. The lowest BCUT2D eigenvalue weighted by molar-refractivity contribution is 0.204. The van der Waals surface area contributed by atoms with Gasteiger partial charge in [0, 0.05) is 37.4 Å². The summed E-state index contributed by atoms with van der Waals surface area (Å²) in [7, 11) is 6.14. The predicted molar refractivity (Wildman–Crippen MR) is 87.1 cm³/mol. The molecule has 1 aromatic heterocycles. The van der Waals surface area contributed by atoms with Crippen molar-refractivity contribution < 1.29 is 0 Å². The highest BCUT2D eigenvalue weighted by Gasteiger charge is 2.21. The van der Waals surface area contributed by atoms with Crippen molar-refractivity contribution in [1.82, 2.24) is 20.0 Å². The van der Waals surface area contributed by atoms with Crippen LogP contribution in [0.5, 0.6) is 0 Å². The molecule has 0 aliphatic carbocycles. The Morgan fingerprint density at radius 3 is 2.48 bits per heavy atom. The molecule has 0 radical (unpaired) electrons. The highest BCUT2D eigenvalue weighted by Crippen LogP contribution is 2.21. The number of aromatic nitrogens is 2. The lowest BCUT2D eigenvalue weighted by atomic mass is 9.98. The van der Waals surface area contributed by atoms with Gasteiger partial charge in [0.25, 0.3) is 0 Å². The van der Waals surface area contributed by atoms with Crippen LogP contribution in [0.15, 0.2) is 36.7 Å². The van der Waals surface area contributed by atoms with Crippen LogP contribution in [0.1, 0.15) is 29.7 Å². The SMILES string of the molecule is CNC(c1ccc(C)cc1)C(C)N(C)Cc1cnn(C)c1. The fourth-order valence-corrected chi connectivity index (χ4v) is 2.70. The summed E-state index contributed by atoms with van der Waals surface area (Å²) in [6.45, 7) is 5.28. The van der Waals surface area contributed by atoms with Crippen molar-refractivity contribution in [2.24, 2.45) is 7.05 Å². The second kappa shape index (κ2) is 6.87. The van der Waals surface area contributed by atoms with Gasteiger partial charge in [-0.05, 0) is 33.5 Å². The molecule has 0 bridgehead atoms. The van der Waals surface area contributed by atoms with Gasteiger partial charge in [-0.3, -0.25) is 9.58 Å². The van der Waals surface area contributed by atoms with E-state index < -0.39 is 0 Å². The molecule has 2 unspecified atom stereocenters. The smallest absolute Gasteiger partial charge is 0.0534 e. The normalized spacial score (nSPS) is 14.4. The van der Waals surface area contributed by atoms with Crippen LogP contribution in [-0.2, 0) is 13.6 Å². The third-order valence-electron chi connectivity index (χ3n) is 4.12. The molecule has 0 aliphatic rings. The van der Waals surface area contributed by atoms with Crippen molar-refractivity contribution >= 4 is 0 Å². The molecule has 0 saturated heterocycles. The van der Waals surface area contributed by atoms with E-state index in [2.05, 4.69) is 66.7 Å². The van der Waals surface area contributed by atoms with Gasteiger partial charge in [0.2, 0.25) is 0 Å². The van der Waals surface area contributed by atoms with Crippen molar-refractivity contribution in [3.63, 3.8) is 0 Å². The maximum Gasteiger partial charge on any atom is 0.0534 e. The van der Waals surface area contributed by atoms with Crippen LogP contribution in [0.4, 0.5) is 0 Å². The molecule has 4 nitrogen and oxygen atoms in total. The Balaban J connectivity index is 2.08. The van der Waals surface area contributed by atoms with Gasteiger partial charge in [0.1, 0.15) is 0 Å². The van der Waals surface area contributed by atoms with E-state index in [-0.39, 0.29) is 0 Å². The minimum Gasteiger partial charge on any atom is -0.312 e. The van der Waals surface area contributed by atoms with E-state index in [0.717, 1.165) is 6.54 Å². The summed E-state index contributed by atoms with van der Waals surface area (Å²) in [5, 5.41) is 7.68. The molecule has 2 rings (SSSR count). The van der Waals surface area contributed by atoms with Crippen LogP contribution < -0.4 is 5.32 Å². The van der Waals surface area contributed by atoms with Crippen molar-refractivity contribution in [3.8, 4) is 0 Å². The molecule has 1 N–H and O–H groups in total. The van der Waals surface area contributed by atoms with Gasteiger partial charge in [0.05, 0.1) is 6.20 Å². The maximum absolute atomic E-state index is 4.24. The Kier molecular flexibility index (Phi) is 5.15. The lowest BCUT2D eigenvalue weighted by Gasteiger charge is -2.32. The molecule has 1 aromatic carbocycles. The summed E-state index contributed by atoms with van der Waals surface area (Å²) in [6, 6.07) is 9.47. The van der Waals surface area contributed by atoms with E-state index in [9.17, 15) is 0 Å². The third kappa shape index (κ3) is 3.93. The van der Waals surface area contributed by atoms with Crippen molar-refractivity contribution in [1.29, 1.82) is 0 Å². The van der Waals surface area contributed by atoms with Crippen molar-refractivity contribution in [3.05, 3.63) is 53.3 Å². The van der Waals surface area contributed by atoms with E-state index in [1.165, 1.54) is 16.7 Å². The molecule has 0 amide bonds. The molecule has 114 valence electrons. The zero-order valence-corrected chi connectivity index (χ0v) is 13.7. The Bertz CT molecular complexity index is 558. The molecule has 4 heteroatoms. The summed E-state index contributed by atoms with van der Waals surface area (Å²) < 4.78 is 1.85. The minimum absolute atomic E-state index is 0.312. The monoisotopic (exact) mass is 286 g/mol. The quantitative estimate of drug-likeness (QED) is 0.886. The number of nitrogens with zero attached hydrogens (tertiary/aromatic N) is 3. The second-order valence-electron chi connectivity index (χ2n) is 5.86. The van der Waals surface area contributed by atoms with Gasteiger partial charge in [0.15, 0.2) is 0 Å². The minimum atomic E-state index is 0.312. The van der Waals surface area contributed by atoms with Crippen LogP contribution in [-0.4, -0.2) is 34.8 Å². The van der Waals surface area contributed by atoms with Crippen LogP contribution in [0.3, 0.4) is 0 Å². The van der Waals surface area contributed by atoms with E-state index in [1.54, 1.807) is 0 Å². The van der Waals surface area contributed by atoms with Gasteiger partial charge in [-0.2, -0.15) is 5.10 Å². The largest absolute Gasteiger partial charge is 0.312 e. The molecular weight excluding hydrogens is 260 g/mol. The standard InChI is InChI=1S/C17H26N4/c1-13-6-8-16(9-7-13)17(18-3)14(2)20(4)11-15-10-19-21(5)12-15/h6-10,12,14,17-18H,11H2,1-5H3. The lowest BCUT2D eigenvalue weighted by Crippen LogP contribution is -2.39. The topological polar surface area (TPSA) is 33.1 Å². The first-order valence-corrected chi connectivity index (χ1v) is 7.43. The van der Waals surface area contributed by atoms with Crippen LogP contribution >= 0.6 is 0 Å². The summed E-state index contributed by atoms with van der Waals surface area (Å²) >= 11 is 0. The van der Waals surface area contributed by atoms with Gasteiger partial charge in [-0.15, -0.1) is 0 Å². The van der Waals surface area contributed by atoms with E-state index in [4.69, 9.17) is 0 Å². The average Bonchev–Trinajstić information content (AvgIpc) is 2.86. The van der Waals surface area contributed by atoms with Gasteiger partial charge < -0.3 is 5.32 Å². The zero-order chi connectivity index (χ0) is 15.4. The summed E-state index contributed by atoms with van der Waals surface area (Å²) in [6.07, 6.45) is 4.01. The van der Waals surface area contributed by atoms with Crippen molar-refractivity contribution in [2.75, 3.05) is 14.1 Å². The van der Waals surface area contributed by atoms with Gasteiger partial charge >= 0.3 is 0 Å². The first-order chi connectivity index (χ1) is 10.0. The summed E-state index contributed by atoms with van der Waals surface area (Å²) in [5.74, 6) is 0. The molecule has 2 aromatic rings. The fraction of sp³-hybridized carbons (Fsp3) is 0.471. The number of benzene rings is 1. The predicted octanol–water partition coefficient (Wildman–Crippen LogP) is 2.51. The Labute approximate surface area is 127 Å². The van der Waals surface area contributed by atoms with Crippen LogP contribution in [0.25, 0.3) is 0 Å². The molecule has 21 heavy (non-hydrogen) atoms. The van der Waals surface area contributed by atoms with Crippen LogP contribution in [0, 0.1) is 6.92 Å². The first-order valence-electron chi connectivity index (χ1n) is 7.43. The average molecular weight is 286 g/mol. The van der Waals surface area contributed by atoms with E-state index in [0.29, 0.717) is 12.1 Å². The highest BCUT2D eigenvalue weighted by atomic mass is 15.2. The number of hydrogen-bond acceptors (Lipinski definition) is 3. The first kappa shape index (κ1) is 15.7. The zero-order valence-electron chi connectivity index (χ0n) is 13.7. The second-order valence-corrected chi connectivity index (χ2v) is 5.86. The Morgan fingerprint density at radius 2 is 1.95 bits per heavy atom. The van der Waals surface area contributed by atoms with Crippen LogP contribution in [0.2, 0.25) is 0 Å². The van der Waals surface area contributed by atoms with Crippen molar-refractivity contribution in [2.45, 2.75) is 32.5 Å². The highest BCUT2D eigenvalue weighted by molar-refractivity contribution is 5.25. The molecule has 2 atom stereocenters. The number of rotatable bonds is 6. The van der Waals surface area contributed by atoms with Gasteiger partial charge in [-0.1, -0.05) is 29.8 Å². The van der Waals surface area contributed by atoms with E-state index >= 15 is 0 Å². The summed E-state index contributed by atoms with van der Waals surface area (Å²) in [5.41, 5.74) is 3.87. The number of aryl methyl sites for hydroxylation is 2. The number of likely N-dealkylation sites (N-methyl/N-ethyl adjacent to an activating group) is 2. The Hall–Kier alpha value is -1.65. The number of hydrogen-bond donors (Lipinski definition) is 1. The van der Waals surface area contributed by atoms with E-state index in [1.807, 2.05) is 25.0 Å². The molecule has 0 aliphatic heterocycles. The Morgan fingerprint density at radius 1 is 1.29 bits per heavy atom.